The van der Waals surface area contributed by atoms with Gasteiger partial charge in [-0.25, -0.2) is 14.4 Å². The molecule has 0 unspecified atom stereocenters. The van der Waals surface area contributed by atoms with E-state index in [2.05, 4.69) is 20.6 Å². The minimum Gasteiger partial charge on any atom is -0.369 e. The summed E-state index contributed by atoms with van der Waals surface area (Å²) in [5, 5.41) is 5.49. The Bertz CT molecular complexity index is 593. The van der Waals surface area contributed by atoms with E-state index in [4.69, 9.17) is 0 Å². The van der Waals surface area contributed by atoms with E-state index in [0.717, 1.165) is 0 Å². The first-order chi connectivity index (χ1) is 9.61. The summed E-state index contributed by atoms with van der Waals surface area (Å²) in [6.45, 7) is 4.37. The quantitative estimate of drug-likeness (QED) is 0.899. The molecule has 0 spiro atoms. The monoisotopic (exact) mass is 274 g/mol. The zero-order valence-corrected chi connectivity index (χ0v) is 11.3. The van der Waals surface area contributed by atoms with E-state index in [1.165, 1.54) is 18.5 Å². The predicted molar refractivity (Wildman–Crippen MR) is 75.3 cm³/mol. The number of amides is 1. The van der Waals surface area contributed by atoms with Crippen molar-refractivity contribution in [3.05, 3.63) is 47.7 Å². The van der Waals surface area contributed by atoms with Gasteiger partial charge in [0.25, 0.3) is 5.91 Å². The molecule has 0 aliphatic carbocycles. The Hall–Kier alpha value is -2.50. The largest absolute Gasteiger partial charge is 0.369 e. The van der Waals surface area contributed by atoms with E-state index in [1.807, 2.05) is 6.92 Å². The highest BCUT2D eigenvalue weighted by molar-refractivity contribution is 6.03. The third kappa shape index (κ3) is 3.09. The zero-order valence-electron chi connectivity index (χ0n) is 11.3. The molecule has 0 aliphatic heterocycles. The number of nitrogens with zero attached hydrogens (tertiary/aromatic N) is 2. The second-order valence-corrected chi connectivity index (χ2v) is 4.20. The molecule has 0 saturated carbocycles. The molecule has 0 aliphatic rings. The lowest BCUT2D eigenvalue weighted by atomic mass is 10.2. The molecule has 20 heavy (non-hydrogen) atoms. The second-order valence-electron chi connectivity index (χ2n) is 4.20. The Morgan fingerprint density at radius 1 is 1.30 bits per heavy atom. The average Bonchev–Trinajstić information content (AvgIpc) is 2.44. The molecule has 1 heterocycles. The molecule has 1 aromatic heterocycles. The van der Waals surface area contributed by atoms with Crippen molar-refractivity contribution in [2.24, 2.45) is 0 Å². The van der Waals surface area contributed by atoms with Crippen LogP contribution in [0.25, 0.3) is 0 Å². The van der Waals surface area contributed by atoms with Crippen LogP contribution in [0.1, 0.15) is 23.0 Å². The van der Waals surface area contributed by atoms with Gasteiger partial charge in [0.2, 0.25) is 0 Å². The number of hydrogen-bond acceptors (Lipinski definition) is 4. The van der Waals surface area contributed by atoms with E-state index >= 15 is 0 Å². The highest BCUT2D eigenvalue weighted by atomic mass is 19.1. The van der Waals surface area contributed by atoms with Crippen LogP contribution in [-0.4, -0.2) is 22.4 Å². The Morgan fingerprint density at radius 3 is 2.70 bits per heavy atom. The molecule has 2 rings (SSSR count). The fourth-order valence-corrected chi connectivity index (χ4v) is 1.69. The third-order valence-electron chi connectivity index (χ3n) is 2.70. The first-order valence-corrected chi connectivity index (χ1v) is 6.24. The minimum absolute atomic E-state index is 0.134. The Morgan fingerprint density at radius 2 is 2.10 bits per heavy atom. The second kappa shape index (κ2) is 6.10. The van der Waals surface area contributed by atoms with Crippen molar-refractivity contribution >= 4 is 17.4 Å². The number of halogens is 1. The van der Waals surface area contributed by atoms with Gasteiger partial charge in [-0.1, -0.05) is 12.1 Å². The van der Waals surface area contributed by atoms with Crippen LogP contribution in [-0.2, 0) is 0 Å². The van der Waals surface area contributed by atoms with Crippen molar-refractivity contribution < 1.29 is 9.18 Å². The van der Waals surface area contributed by atoms with Gasteiger partial charge >= 0.3 is 0 Å². The molecule has 1 aromatic carbocycles. The molecule has 0 bridgehead atoms. The van der Waals surface area contributed by atoms with Gasteiger partial charge in [-0.3, -0.25) is 4.79 Å². The molecule has 104 valence electrons. The van der Waals surface area contributed by atoms with Crippen molar-refractivity contribution in [1.29, 1.82) is 0 Å². The number of carbonyl (C=O) groups excluding carboxylic acids is 1. The van der Waals surface area contributed by atoms with Gasteiger partial charge in [0.05, 0.1) is 18.1 Å². The number of para-hydroxylation sites is 1. The average molecular weight is 274 g/mol. The van der Waals surface area contributed by atoms with Gasteiger partial charge in [-0.2, -0.15) is 0 Å². The van der Waals surface area contributed by atoms with Crippen molar-refractivity contribution in [3.8, 4) is 0 Å². The SMILES string of the molecule is CCNc1cnc(C(=O)Nc2c(C)cccc2F)cn1. The maximum absolute atomic E-state index is 13.6. The zero-order chi connectivity index (χ0) is 14.5. The number of hydrogen-bond donors (Lipinski definition) is 2. The molecule has 2 aromatic rings. The van der Waals surface area contributed by atoms with Crippen LogP contribution in [0.4, 0.5) is 15.9 Å². The first kappa shape index (κ1) is 13.9. The lowest BCUT2D eigenvalue weighted by Gasteiger charge is -2.09. The fourth-order valence-electron chi connectivity index (χ4n) is 1.69. The molecule has 5 nitrogen and oxygen atoms in total. The van der Waals surface area contributed by atoms with E-state index < -0.39 is 11.7 Å². The number of aromatic nitrogens is 2. The summed E-state index contributed by atoms with van der Waals surface area (Å²) in [7, 11) is 0. The summed E-state index contributed by atoms with van der Waals surface area (Å²) in [6.07, 6.45) is 2.82. The number of rotatable bonds is 4. The summed E-state index contributed by atoms with van der Waals surface area (Å²) < 4.78 is 13.6. The molecule has 0 saturated heterocycles. The lowest BCUT2D eigenvalue weighted by molar-refractivity contribution is 0.102. The summed E-state index contributed by atoms with van der Waals surface area (Å²) in [5.41, 5.74) is 0.944. The van der Waals surface area contributed by atoms with Crippen molar-refractivity contribution in [2.45, 2.75) is 13.8 Å². The summed E-state index contributed by atoms with van der Waals surface area (Å²) in [5.74, 6) is -0.379. The Labute approximate surface area is 116 Å². The Balaban J connectivity index is 2.16. The molecule has 0 atom stereocenters. The highest BCUT2D eigenvalue weighted by Gasteiger charge is 2.12. The van der Waals surface area contributed by atoms with Crippen LogP contribution >= 0.6 is 0 Å². The molecule has 1 amide bonds. The fraction of sp³-hybridized carbons (Fsp3) is 0.214. The molecule has 0 radical (unpaired) electrons. The number of benzene rings is 1. The van der Waals surface area contributed by atoms with Gasteiger partial charge in [0, 0.05) is 6.54 Å². The van der Waals surface area contributed by atoms with Crippen LogP contribution in [0.3, 0.4) is 0 Å². The normalized spacial score (nSPS) is 10.2. The highest BCUT2D eigenvalue weighted by Crippen LogP contribution is 2.19. The number of nitrogens with one attached hydrogen (secondary N) is 2. The third-order valence-corrected chi connectivity index (χ3v) is 2.70. The smallest absolute Gasteiger partial charge is 0.275 e. The molecular weight excluding hydrogens is 259 g/mol. The van der Waals surface area contributed by atoms with Gasteiger partial charge in [-0.05, 0) is 25.5 Å². The minimum atomic E-state index is -0.492. The number of anilines is 2. The van der Waals surface area contributed by atoms with Gasteiger partial charge < -0.3 is 10.6 Å². The van der Waals surface area contributed by atoms with E-state index in [9.17, 15) is 9.18 Å². The van der Waals surface area contributed by atoms with Crippen LogP contribution in [0.2, 0.25) is 0 Å². The molecule has 0 fully saturated rings. The Kier molecular flexibility index (Phi) is 4.24. The molecule has 6 heteroatoms. The van der Waals surface area contributed by atoms with Crippen molar-refractivity contribution in [2.75, 3.05) is 17.2 Å². The summed E-state index contributed by atoms with van der Waals surface area (Å²) >= 11 is 0. The van der Waals surface area contributed by atoms with Crippen molar-refractivity contribution in [1.82, 2.24) is 9.97 Å². The van der Waals surface area contributed by atoms with E-state index in [0.29, 0.717) is 17.9 Å². The lowest BCUT2D eigenvalue weighted by Crippen LogP contribution is -2.16. The van der Waals surface area contributed by atoms with Gasteiger partial charge in [-0.15, -0.1) is 0 Å². The number of aryl methyl sites for hydroxylation is 1. The van der Waals surface area contributed by atoms with Crippen LogP contribution < -0.4 is 10.6 Å². The maximum atomic E-state index is 13.6. The van der Waals surface area contributed by atoms with Crippen LogP contribution in [0.15, 0.2) is 30.6 Å². The topological polar surface area (TPSA) is 66.9 Å². The first-order valence-electron chi connectivity index (χ1n) is 6.24. The summed E-state index contributed by atoms with van der Waals surface area (Å²) in [6, 6.07) is 4.60. The number of carbonyl (C=O) groups is 1. The molecule has 2 N–H and O–H groups in total. The molecular formula is C14H15FN4O. The van der Waals surface area contributed by atoms with E-state index in [1.54, 1.807) is 19.1 Å². The van der Waals surface area contributed by atoms with Crippen LogP contribution in [0, 0.1) is 12.7 Å². The van der Waals surface area contributed by atoms with Gasteiger partial charge in [0.15, 0.2) is 0 Å². The predicted octanol–water partition coefficient (Wildman–Crippen LogP) is 2.61. The van der Waals surface area contributed by atoms with Crippen LogP contribution in [0.5, 0.6) is 0 Å². The maximum Gasteiger partial charge on any atom is 0.275 e. The van der Waals surface area contributed by atoms with Crippen molar-refractivity contribution in [3.63, 3.8) is 0 Å². The van der Waals surface area contributed by atoms with E-state index in [-0.39, 0.29) is 11.4 Å². The summed E-state index contributed by atoms with van der Waals surface area (Å²) in [4.78, 5) is 20.0. The van der Waals surface area contributed by atoms with Gasteiger partial charge in [0.1, 0.15) is 17.3 Å². The standard InChI is InChI=1S/C14H15FN4O/c1-3-16-12-8-17-11(7-18-12)14(20)19-13-9(2)5-4-6-10(13)15/h4-8H,3H2,1-2H3,(H,16,18)(H,19,20).